The van der Waals surface area contributed by atoms with Crippen LogP contribution in [-0.2, 0) is 0 Å². The number of aromatic nitrogens is 3. The van der Waals surface area contributed by atoms with Crippen LogP contribution in [0.3, 0.4) is 0 Å². The van der Waals surface area contributed by atoms with Crippen molar-refractivity contribution in [3.63, 3.8) is 0 Å². The molecule has 1 saturated carbocycles. The molecule has 0 amide bonds. The average Bonchev–Trinajstić information content (AvgIpc) is 3.14. The quantitative estimate of drug-likeness (QED) is 0.714. The highest BCUT2D eigenvalue weighted by atomic mass is 32.1. The van der Waals surface area contributed by atoms with Gasteiger partial charge in [-0.3, -0.25) is 0 Å². The summed E-state index contributed by atoms with van der Waals surface area (Å²) in [5, 5.41) is 6.01. The lowest BCUT2D eigenvalue weighted by atomic mass is 9.90. The van der Waals surface area contributed by atoms with E-state index < -0.39 is 0 Å². The molecule has 0 N–H and O–H groups in total. The van der Waals surface area contributed by atoms with Gasteiger partial charge in [0.1, 0.15) is 10.8 Å². The van der Waals surface area contributed by atoms with Crippen LogP contribution in [0.15, 0.2) is 30.5 Å². The summed E-state index contributed by atoms with van der Waals surface area (Å²) in [5.41, 5.74) is 1.94. The predicted octanol–water partition coefficient (Wildman–Crippen LogP) is 4.51. The molecular formula is C17H19N3OS. The first kappa shape index (κ1) is 13.8. The van der Waals surface area contributed by atoms with Gasteiger partial charge in [0.25, 0.3) is 0 Å². The van der Waals surface area contributed by atoms with E-state index in [1.165, 1.54) is 37.1 Å². The molecule has 0 spiro atoms. The molecule has 1 aromatic carbocycles. The lowest BCUT2D eigenvalue weighted by molar-refractivity contribution is 0.416. The van der Waals surface area contributed by atoms with Crippen molar-refractivity contribution in [3.05, 3.63) is 35.5 Å². The van der Waals surface area contributed by atoms with E-state index in [9.17, 15) is 0 Å². The largest absolute Gasteiger partial charge is 0.496 e. The van der Waals surface area contributed by atoms with Crippen LogP contribution in [0.25, 0.3) is 16.2 Å². The highest BCUT2D eigenvalue weighted by molar-refractivity contribution is 7.16. The zero-order valence-corrected chi connectivity index (χ0v) is 13.5. The number of methoxy groups -OCH3 is 1. The van der Waals surface area contributed by atoms with Gasteiger partial charge in [-0.1, -0.05) is 42.7 Å². The maximum Gasteiger partial charge on any atom is 0.212 e. The van der Waals surface area contributed by atoms with Crippen LogP contribution < -0.4 is 4.74 Å². The van der Waals surface area contributed by atoms with Crippen LogP contribution in [0.4, 0.5) is 0 Å². The van der Waals surface area contributed by atoms with Crippen molar-refractivity contribution >= 4 is 16.3 Å². The molecule has 1 fully saturated rings. The third-order valence-corrected chi connectivity index (χ3v) is 5.48. The van der Waals surface area contributed by atoms with E-state index >= 15 is 0 Å². The van der Waals surface area contributed by atoms with Gasteiger partial charge in [0, 0.05) is 11.5 Å². The molecule has 2 heterocycles. The Morgan fingerprint density at radius 1 is 1.18 bits per heavy atom. The number of hydrogen-bond donors (Lipinski definition) is 0. The number of rotatable bonds is 3. The highest BCUT2D eigenvalue weighted by Crippen LogP contribution is 2.36. The molecule has 4 nitrogen and oxygen atoms in total. The minimum atomic E-state index is 0.634. The second-order valence-electron chi connectivity index (χ2n) is 5.83. The molecule has 4 rings (SSSR count). The first-order chi connectivity index (χ1) is 10.8. The van der Waals surface area contributed by atoms with Crippen molar-refractivity contribution in [1.29, 1.82) is 0 Å². The number of benzene rings is 1. The smallest absolute Gasteiger partial charge is 0.212 e. The lowest BCUT2D eigenvalue weighted by Crippen LogP contribution is -2.04. The molecule has 1 aliphatic rings. The number of hydrogen-bond acceptors (Lipinski definition) is 4. The standard InChI is InChI=1S/C17H19N3OS/c1-21-15-10-6-5-9-13(15)14-11-20-17(18-14)22-16(19-20)12-7-3-2-4-8-12/h5-6,9-12H,2-4,7-8H2,1H3. The number of imidazole rings is 1. The maximum atomic E-state index is 5.42. The van der Waals surface area contributed by atoms with E-state index in [0.717, 1.165) is 22.0 Å². The van der Waals surface area contributed by atoms with Crippen molar-refractivity contribution in [1.82, 2.24) is 14.6 Å². The monoisotopic (exact) mass is 313 g/mol. The Kier molecular flexibility index (Phi) is 3.58. The fraction of sp³-hybridized carbons (Fsp3) is 0.412. The van der Waals surface area contributed by atoms with Crippen LogP contribution in [-0.4, -0.2) is 21.7 Å². The Bertz CT molecular complexity index is 755. The van der Waals surface area contributed by atoms with Crippen molar-refractivity contribution in [2.24, 2.45) is 0 Å². The first-order valence-electron chi connectivity index (χ1n) is 7.84. The third-order valence-electron chi connectivity index (χ3n) is 4.40. The van der Waals surface area contributed by atoms with Gasteiger partial charge in [0.05, 0.1) is 19.0 Å². The summed E-state index contributed by atoms with van der Waals surface area (Å²) in [6.45, 7) is 0. The summed E-state index contributed by atoms with van der Waals surface area (Å²) in [6.07, 6.45) is 8.59. The number of ether oxygens (including phenoxy) is 1. The van der Waals surface area contributed by atoms with E-state index in [2.05, 4.69) is 0 Å². The second kappa shape index (κ2) is 5.72. The topological polar surface area (TPSA) is 39.4 Å². The molecule has 0 saturated heterocycles. The molecule has 0 aliphatic heterocycles. The van der Waals surface area contributed by atoms with Crippen molar-refractivity contribution in [2.75, 3.05) is 7.11 Å². The molecule has 114 valence electrons. The zero-order chi connectivity index (χ0) is 14.9. The van der Waals surface area contributed by atoms with E-state index in [1.807, 2.05) is 35.0 Å². The van der Waals surface area contributed by atoms with Gasteiger partial charge < -0.3 is 4.74 Å². The van der Waals surface area contributed by atoms with Gasteiger partial charge in [0.2, 0.25) is 4.96 Å². The molecule has 0 atom stereocenters. The summed E-state index contributed by atoms with van der Waals surface area (Å²) >= 11 is 1.73. The molecular weight excluding hydrogens is 294 g/mol. The zero-order valence-electron chi connectivity index (χ0n) is 12.7. The van der Waals surface area contributed by atoms with Gasteiger partial charge in [-0.15, -0.1) is 0 Å². The van der Waals surface area contributed by atoms with Gasteiger partial charge in [0.15, 0.2) is 0 Å². The summed E-state index contributed by atoms with van der Waals surface area (Å²) in [6, 6.07) is 7.98. The Labute approximate surface area is 133 Å². The predicted molar refractivity (Wildman–Crippen MR) is 88.7 cm³/mol. The van der Waals surface area contributed by atoms with Crippen molar-refractivity contribution in [3.8, 4) is 17.0 Å². The lowest BCUT2D eigenvalue weighted by Gasteiger charge is -2.18. The summed E-state index contributed by atoms with van der Waals surface area (Å²) in [7, 11) is 1.69. The molecule has 0 radical (unpaired) electrons. The fourth-order valence-electron chi connectivity index (χ4n) is 3.22. The summed E-state index contributed by atoms with van der Waals surface area (Å²) in [4.78, 5) is 5.72. The van der Waals surface area contributed by atoms with E-state index in [1.54, 1.807) is 18.4 Å². The molecule has 5 heteroatoms. The maximum absolute atomic E-state index is 5.42. The minimum Gasteiger partial charge on any atom is -0.496 e. The van der Waals surface area contributed by atoms with Crippen molar-refractivity contribution < 1.29 is 4.74 Å². The first-order valence-corrected chi connectivity index (χ1v) is 8.66. The highest BCUT2D eigenvalue weighted by Gasteiger charge is 2.21. The van der Waals surface area contributed by atoms with Gasteiger partial charge in [-0.25, -0.2) is 9.50 Å². The molecule has 0 bridgehead atoms. The molecule has 0 unspecified atom stereocenters. The molecule has 1 aliphatic carbocycles. The SMILES string of the molecule is COc1ccccc1-c1cn2nc(C3CCCCC3)sc2n1. The summed E-state index contributed by atoms with van der Waals surface area (Å²) in [5.74, 6) is 1.48. The summed E-state index contributed by atoms with van der Waals surface area (Å²) < 4.78 is 7.35. The Balaban J connectivity index is 1.68. The number of nitrogens with zero attached hydrogens (tertiary/aromatic N) is 3. The van der Waals surface area contributed by atoms with Crippen molar-refractivity contribution in [2.45, 2.75) is 38.0 Å². The number of para-hydroxylation sites is 1. The Morgan fingerprint density at radius 2 is 2.00 bits per heavy atom. The normalized spacial score (nSPS) is 16.2. The van der Waals surface area contributed by atoms with E-state index in [0.29, 0.717) is 5.92 Å². The van der Waals surface area contributed by atoms with E-state index in [-0.39, 0.29) is 0 Å². The van der Waals surface area contributed by atoms with Crippen LogP contribution in [0, 0.1) is 0 Å². The molecule has 22 heavy (non-hydrogen) atoms. The Morgan fingerprint density at radius 3 is 2.77 bits per heavy atom. The van der Waals surface area contributed by atoms with Gasteiger partial charge >= 0.3 is 0 Å². The molecule has 3 aromatic rings. The van der Waals surface area contributed by atoms with Crippen LogP contribution in [0.1, 0.15) is 43.0 Å². The molecule has 2 aromatic heterocycles. The third kappa shape index (κ3) is 2.39. The van der Waals surface area contributed by atoms with Crippen LogP contribution in [0.2, 0.25) is 0 Å². The van der Waals surface area contributed by atoms with Gasteiger partial charge in [-0.05, 0) is 25.0 Å². The van der Waals surface area contributed by atoms with Crippen LogP contribution in [0.5, 0.6) is 5.75 Å². The van der Waals surface area contributed by atoms with E-state index in [4.69, 9.17) is 14.8 Å². The second-order valence-corrected chi connectivity index (χ2v) is 6.82. The van der Waals surface area contributed by atoms with Gasteiger partial charge in [-0.2, -0.15) is 5.10 Å². The average molecular weight is 313 g/mol. The fourth-order valence-corrected chi connectivity index (χ4v) is 4.27. The minimum absolute atomic E-state index is 0.634. The number of fused-ring (bicyclic) bond motifs is 1. The van der Waals surface area contributed by atoms with Crippen LogP contribution >= 0.6 is 11.3 Å². The Hall–Kier alpha value is -1.88.